The van der Waals surface area contributed by atoms with Crippen LogP contribution in [-0.2, 0) is 16.0 Å². The first-order valence-corrected chi connectivity index (χ1v) is 10.4. The van der Waals surface area contributed by atoms with Gasteiger partial charge in [-0.1, -0.05) is 56.5 Å². The zero-order valence-corrected chi connectivity index (χ0v) is 17.8. The third-order valence-corrected chi connectivity index (χ3v) is 5.15. The molecule has 0 bridgehead atoms. The van der Waals surface area contributed by atoms with Gasteiger partial charge in [-0.3, -0.25) is 0 Å². The number of hydrogen-bond donors (Lipinski definition) is 0. The second kappa shape index (κ2) is 10.1. The minimum atomic E-state index is -0.758. The lowest BCUT2D eigenvalue weighted by Crippen LogP contribution is -2.25. The molecule has 158 valence electrons. The molecule has 5 heteroatoms. The van der Waals surface area contributed by atoms with E-state index in [1.54, 1.807) is 13.0 Å². The van der Waals surface area contributed by atoms with Gasteiger partial charge in [-0.15, -0.1) is 0 Å². The van der Waals surface area contributed by atoms with Crippen molar-refractivity contribution in [1.82, 2.24) is 0 Å². The minimum absolute atomic E-state index is 0.427. The molecule has 0 aliphatic heterocycles. The predicted molar refractivity (Wildman–Crippen MR) is 118 cm³/mol. The Labute approximate surface area is 176 Å². The van der Waals surface area contributed by atoms with Crippen molar-refractivity contribution in [2.45, 2.75) is 52.1 Å². The smallest absolute Gasteiger partial charge is 0.346 e. The summed E-state index contributed by atoms with van der Waals surface area (Å²) in [5, 5.41) is 0.851. The van der Waals surface area contributed by atoms with Crippen molar-refractivity contribution >= 4 is 16.9 Å². The Kier molecular flexibility index (Phi) is 7.28. The Balaban J connectivity index is 2.09. The monoisotopic (exact) mass is 408 g/mol. The molecule has 0 amide bonds. The lowest BCUT2D eigenvalue weighted by molar-refractivity contribution is -0.147. The molecular weight excluding hydrogens is 380 g/mol. The average molecular weight is 408 g/mol. The van der Waals surface area contributed by atoms with Crippen molar-refractivity contribution in [2.24, 2.45) is 0 Å². The Morgan fingerprint density at radius 1 is 1.07 bits per heavy atom. The molecule has 1 unspecified atom stereocenters. The summed E-state index contributed by atoms with van der Waals surface area (Å²) < 4.78 is 16.2. The number of aryl methyl sites for hydroxylation is 1. The van der Waals surface area contributed by atoms with Gasteiger partial charge in [-0.05, 0) is 42.5 Å². The van der Waals surface area contributed by atoms with Gasteiger partial charge in [0.1, 0.15) is 11.3 Å². The van der Waals surface area contributed by atoms with Crippen molar-refractivity contribution in [1.29, 1.82) is 0 Å². The van der Waals surface area contributed by atoms with Gasteiger partial charge in [-0.25, -0.2) is 9.59 Å². The van der Waals surface area contributed by atoms with Gasteiger partial charge in [0, 0.05) is 17.5 Å². The van der Waals surface area contributed by atoms with Gasteiger partial charge < -0.3 is 13.9 Å². The van der Waals surface area contributed by atoms with Crippen molar-refractivity contribution in [3.05, 3.63) is 64.5 Å². The maximum Gasteiger partial charge on any atom is 0.346 e. The average Bonchev–Trinajstić information content (AvgIpc) is 2.76. The zero-order valence-electron chi connectivity index (χ0n) is 17.8. The van der Waals surface area contributed by atoms with E-state index in [2.05, 4.69) is 6.92 Å². The molecule has 3 rings (SSSR count). The summed E-state index contributed by atoms with van der Waals surface area (Å²) in [5.74, 6) is 0.0942. The van der Waals surface area contributed by atoms with E-state index < -0.39 is 17.7 Å². The second-order valence-corrected chi connectivity index (χ2v) is 7.40. The standard InChI is InChI=1S/C25H28O5/c1-4-5-6-8-13-19-14-21-20(18-11-9-7-10-12-18)15-24(26)30-23(21)16-22(19)29-17(2)25(27)28-3/h7,9-12,14-17H,4-6,8,13H2,1-3H3. The number of rotatable bonds is 9. The van der Waals surface area contributed by atoms with E-state index in [0.29, 0.717) is 11.3 Å². The fraction of sp³-hybridized carbons (Fsp3) is 0.360. The van der Waals surface area contributed by atoms with Crippen LogP contribution in [0.25, 0.3) is 22.1 Å². The topological polar surface area (TPSA) is 65.7 Å². The summed E-state index contributed by atoms with van der Waals surface area (Å²) in [4.78, 5) is 24.1. The third kappa shape index (κ3) is 5.09. The molecule has 5 nitrogen and oxygen atoms in total. The van der Waals surface area contributed by atoms with E-state index in [0.717, 1.165) is 47.8 Å². The molecule has 0 N–H and O–H groups in total. The fourth-order valence-corrected chi connectivity index (χ4v) is 3.54. The minimum Gasteiger partial charge on any atom is -0.479 e. The van der Waals surface area contributed by atoms with Crippen LogP contribution in [0.3, 0.4) is 0 Å². The number of esters is 1. The highest BCUT2D eigenvalue weighted by Gasteiger charge is 2.19. The van der Waals surface area contributed by atoms with Crippen LogP contribution in [0.2, 0.25) is 0 Å². The van der Waals surface area contributed by atoms with Gasteiger partial charge in [-0.2, -0.15) is 0 Å². The highest BCUT2D eigenvalue weighted by Crippen LogP contribution is 2.33. The number of benzene rings is 2. The number of unbranched alkanes of at least 4 members (excludes halogenated alkanes) is 3. The van der Waals surface area contributed by atoms with Crippen molar-refractivity contribution in [3.8, 4) is 16.9 Å². The van der Waals surface area contributed by atoms with Crippen LogP contribution in [-0.4, -0.2) is 19.2 Å². The van der Waals surface area contributed by atoms with Gasteiger partial charge in [0.15, 0.2) is 6.10 Å². The van der Waals surface area contributed by atoms with Crippen LogP contribution in [0.5, 0.6) is 5.75 Å². The normalized spacial score (nSPS) is 12.0. The van der Waals surface area contributed by atoms with Crippen LogP contribution in [0.15, 0.2) is 57.7 Å². The molecule has 0 aliphatic rings. The molecule has 0 saturated heterocycles. The number of carbonyl (C=O) groups excluding carboxylic acids is 1. The zero-order chi connectivity index (χ0) is 21.5. The van der Waals surface area contributed by atoms with Crippen molar-refractivity contribution in [2.75, 3.05) is 7.11 Å². The largest absolute Gasteiger partial charge is 0.479 e. The molecule has 1 atom stereocenters. The van der Waals surface area contributed by atoms with Crippen molar-refractivity contribution in [3.63, 3.8) is 0 Å². The molecule has 3 aromatic rings. The van der Waals surface area contributed by atoms with E-state index in [1.165, 1.54) is 19.6 Å². The lowest BCUT2D eigenvalue weighted by Gasteiger charge is -2.17. The molecule has 0 spiro atoms. The fourth-order valence-electron chi connectivity index (χ4n) is 3.54. The molecule has 0 aliphatic carbocycles. The molecule has 2 aromatic carbocycles. The number of hydrogen-bond acceptors (Lipinski definition) is 5. The van der Waals surface area contributed by atoms with Gasteiger partial charge in [0.05, 0.1) is 7.11 Å². The van der Waals surface area contributed by atoms with E-state index in [-0.39, 0.29) is 0 Å². The SMILES string of the molecule is CCCCCCc1cc2c(-c3ccccc3)cc(=O)oc2cc1OC(C)C(=O)OC. The molecule has 1 heterocycles. The second-order valence-electron chi connectivity index (χ2n) is 7.40. The molecular formula is C25H28O5. The Bertz CT molecular complexity index is 1050. The Hall–Kier alpha value is -3.08. The van der Waals surface area contributed by atoms with Gasteiger partial charge in [0.25, 0.3) is 0 Å². The molecule has 0 fully saturated rings. The van der Waals surface area contributed by atoms with Gasteiger partial charge in [0.2, 0.25) is 0 Å². The van der Waals surface area contributed by atoms with E-state index in [1.807, 2.05) is 36.4 Å². The Morgan fingerprint density at radius 2 is 1.83 bits per heavy atom. The first-order chi connectivity index (χ1) is 14.5. The van der Waals surface area contributed by atoms with Gasteiger partial charge >= 0.3 is 11.6 Å². The number of ether oxygens (including phenoxy) is 2. The van der Waals surface area contributed by atoms with Crippen LogP contribution in [0.4, 0.5) is 0 Å². The van der Waals surface area contributed by atoms with Crippen LogP contribution < -0.4 is 10.4 Å². The van der Waals surface area contributed by atoms with E-state index in [9.17, 15) is 9.59 Å². The van der Waals surface area contributed by atoms with Crippen LogP contribution in [0.1, 0.15) is 45.1 Å². The first-order valence-electron chi connectivity index (χ1n) is 10.4. The highest BCUT2D eigenvalue weighted by atomic mass is 16.6. The predicted octanol–water partition coefficient (Wildman–Crippen LogP) is 5.52. The van der Waals surface area contributed by atoms with E-state index >= 15 is 0 Å². The highest BCUT2D eigenvalue weighted by molar-refractivity contribution is 5.94. The number of methoxy groups -OCH3 is 1. The third-order valence-electron chi connectivity index (χ3n) is 5.15. The van der Waals surface area contributed by atoms with Crippen LogP contribution in [0, 0.1) is 0 Å². The summed E-state index contributed by atoms with van der Waals surface area (Å²) in [5.41, 5.74) is 2.77. The summed E-state index contributed by atoms with van der Waals surface area (Å²) in [7, 11) is 1.33. The number of fused-ring (bicyclic) bond motifs is 1. The molecule has 0 radical (unpaired) electrons. The van der Waals surface area contributed by atoms with E-state index in [4.69, 9.17) is 13.9 Å². The molecule has 0 saturated carbocycles. The summed E-state index contributed by atoms with van der Waals surface area (Å²) in [6.45, 7) is 3.82. The first kappa shape index (κ1) is 21.6. The quantitative estimate of drug-likeness (QED) is 0.265. The molecule has 1 aromatic heterocycles. The van der Waals surface area contributed by atoms with Crippen LogP contribution >= 0.6 is 0 Å². The maximum absolute atomic E-state index is 12.2. The number of carbonyl (C=O) groups is 1. The summed E-state index contributed by atoms with van der Waals surface area (Å²) >= 11 is 0. The maximum atomic E-state index is 12.2. The Morgan fingerprint density at radius 3 is 2.53 bits per heavy atom. The summed E-state index contributed by atoms with van der Waals surface area (Å²) in [6, 6.07) is 15.0. The lowest BCUT2D eigenvalue weighted by atomic mass is 9.98. The summed E-state index contributed by atoms with van der Waals surface area (Å²) in [6.07, 6.45) is 4.52. The van der Waals surface area contributed by atoms with Crippen molar-refractivity contribution < 1.29 is 18.7 Å². The molecule has 30 heavy (non-hydrogen) atoms.